The highest BCUT2D eigenvalue weighted by molar-refractivity contribution is 7.15. The highest BCUT2D eigenvalue weighted by atomic mass is 32.1. The Kier molecular flexibility index (Phi) is 4.95. The Balaban J connectivity index is 2.34. The molecule has 1 nitrogen and oxygen atoms in total. The van der Waals surface area contributed by atoms with Crippen LogP contribution in [-0.4, -0.2) is 6.54 Å². The zero-order valence-electron chi connectivity index (χ0n) is 12.5. The number of halogens is 1. The zero-order valence-corrected chi connectivity index (χ0v) is 13.4. The molecular formula is C17H22FNS. The van der Waals surface area contributed by atoms with Gasteiger partial charge in [0, 0.05) is 21.4 Å². The summed E-state index contributed by atoms with van der Waals surface area (Å²) in [6, 6.07) is 9.77. The molecule has 0 radical (unpaired) electrons. The van der Waals surface area contributed by atoms with Crippen molar-refractivity contribution < 1.29 is 4.39 Å². The summed E-state index contributed by atoms with van der Waals surface area (Å²) in [5, 5.41) is 3.51. The highest BCUT2D eigenvalue weighted by Gasteiger charge is 2.17. The molecule has 0 bridgehead atoms. The van der Waals surface area contributed by atoms with Gasteiger partial charge in [-0.05, 0) is 43.7 Å². The van der Waals surface area contributed by atoms with Crippen molar-refractivity contribution >= 4 is 11.3 Å². The monoisotopic (exact) mass is 291 g/mol. The summed E-state index contributed by atoms with van der Waals surface area (Å²) < 4.78 is 14.0. The van der Waals surface area contributed by atoms with E-state index in [4.69, 9.17) is 0 Å². The predicted molar refractivity (Wildman–Crippen MR) is 85.7 cm³/mol. The van der Waals surface area contributed by atoms with Crippen molar-refractivity contribution in [1.29, 1.82) is 0 Å². The maximum atomic E-state index is 14.0. The van der Waals surface area contributed by atoms with Gasteiger partial charge in [-0.15, -0.1) is 11.3 Å². The van der Waals surface area contributed by atoms with Crippen LogP contribution in [0.1, 0.15) is 37.3 Å². The Morgan fingerprint density at radius 3 is 2.60 bits per heavy atom. The van der Waals surface area contributed by atoms with Gasteiger partial charge >= 0.3 is 0 Å². The Hall–Kier alpha value is -1.19. The van der Waals surface area contributed by atoms with Crippen molar-refractivity contribution in [3.8, 4) is 10.4 Å². The molecule has 3 heteroatoms. The summed E-state index contributed by atoms with van der Waals surface area (Å²) in [6.07, 6.45) is 0. The molecule has 0 amide bonds. The van der Waals surface area contributed by atoms with Crippen LogP contribution in [0.25, 0.3) is 10.4 Å². The number of rotatable bonds is 5. The van der Waals surface area contributed by atoms with Gasteiger partial charge in [0.2, 0.25) is 0 Å². The number of benzene rings is 1. The Morgan fingerprint density at radius 1 is 1.20 bits per heavy atom. The van der Waals surface area contributed by atoms with Crippen LogP contribution in [0.15, 0.2) is 30.3 Å². The minimum absolute atomic E-state index is 0.145. The van der Waals surface area contributed by atoms with Crippen molar-refractivity contribution in [2.75, 3.05) is 6.54 Å². The van der Waals surface area contributed by atoms with Gasteiger partial charge in [0.05, 0.1) is 0 Å². The second-order valence-electron chi connectivity index (χ2n) is 5.46. The van der Waals surface area contributed by atoms with E-state index in [1.54, 1.807) is 17.4 Å². The molecule has 1 aromatic heterocycles. The van der Waals surface area contributed by atoms with E-state index in [-0.39, 0.29) is 5.82 Å². The quantitative estimate of drug-likeness (QED) is 0.801. The van der Waals surface area contributed by atoms with Gasteiger partial charge in [0.1, 0.15) is 5.82 Å². The Bertz CT molecular complexity index is 574. The van der Waals surface area contributed by atoms with Crippen molar-refractivity contribution in [1.82, 2.24) is 5.32 Å². The zero-order chi connectivity index (χ0) is 14.7. The molecule has 0 aliphatic carbocycles. The van der Waals surface area contributed by atoms with Gasteiger partial charge in [-0.3, -0.25) is 0 Å². The molecule has 1 aromatic carbocycles. The van der Waals surface area contributed by atoms with Gasteiger partial charge < -0.3 is 5.32 Å². The van der Waals surface area contributed by atoms with E-state index in [1.807, 2.05) is 25.1 Å². The lowest BCUT2D eigenvalue weighted by Gasteiger charge is -2.20. The van der Waals surface area contributed by atoms with Gasteiger partial charge in [-0.2, -0.15) is 0 Å². The van der Waals surface area contributed by atoms with Gasteiger partial charge in [0.25, 0.3) is 0 Å². The van der Waals surface area contributed by atoms with Crippen molar-refractivity contribution in [3.63, 3.8) is 0 Å². The molecule has 2 rings (SSSR count). The topological polar surface area (TPSA) is 12.0 Å². The van der Waals surface area contributed by atoms with E-state index in [2.05, 4.69) is 32.2 Å². The summed E-state index contributed by atoms with van der Waals surface area (Å²) in [4.78, 5) is 2.28. The van der Waals surface area contributed by atoms with Crippen molar-refractivity contribution in [2.24, 2.45) is 5.92 Å². The van der Waals surface area contributed by atoms with E-state index in [0.717, 1.165) is 17.0 Å². The third-order valence-corrected chi connectivity index (χ3v) is 4.61. The molecule has 1 atom stereocenters. The third-order valence-electron chi connectivity index (χ3n) is 3.41. The maximum absolute atomic E-state index is 14.0. The molecule has 1 heterocycles. The lowest BCUT2D eigenvalue weighted by molar-refractivity contribution is 0.428. The predicted octanol–water partition coefficient (Wildman–Crippen LogP) is 5.17. The van der Waals surface area contributed by atoms with Gasteiger partial charge in [-0.1, -0.05) is 32.4 Å². The van der Waals surface area contributed by atoms with E-state index in [1.165, 1.54) is 4.88 Å². The second kappa shape index (κ2) is 6.51. The first-order valence-corrected chi connectivity index (χ1v) is 7.94. The first-order chi connectivity index (χ1) is 9.52. The fraction of sp³-hybridized carbons (Fsp3) is 0.412. The summed E-state index contributed by atoms with van der Waals surface area (Å²) in [5.74, 6) is 0.373. The number of aryl methyl sites for hydroxylation is 1. The van der Waals surface area contributed by atoms with Crippen LogP contribution in [0.5, 0.6) is 0 Å². The maximum Gasteiger partial charge on any atom is 0.131 e. The SMILES string of the molecule is CCNC(c1ccc(-c2cc(C)ccc2F)s1)C(C)C. The van der Waals surface area contributed by atoms with Crippen LogP contribution in [0.3, 0.4) is 0 Å². The molecule has 1 unspecified atom stereocenters. The summed E-state index contributed by atoms with van der Waals surface area (Å²) in [5.41, 5.74) is 1.80. The number of nitrogens with one attached hydrogen (secondary N) is 1. The van der Waals surface area contributed by atoms with Crippen LogP contribution in [-0.2, 0) is 0 Å². The third kappa shape index (κ3) is 3.28. The molecule has 0 aliphatic heterocycles. The van der Waals surface area contributed by atoms with E-state index >= 15 is 0 Å². The van der Waals surface area contributed by atoms with Crippen LogP contribution >= 0.6 is 11.3 Å². The number of thiophene rings is 1. The van der Waals surface area contributed by atoms with Crippen LogP contribution in [0.4, 0.5) is 4.39 Å². The molecule has 1 N–H and O–H groups in total. The Morgan fingerprint density at radius 2 is 1.95 bits per heavy atom. The molecule has 108 valence electrons. The summed E-state index contributed by atoms with van der Waals surface area (Å²) >= 11 is 1.68. The molecule has 0 saturated heterocycles. The summed E-state index contributed by atoms with van der Waals surface area (Å²) in [7, 11) is 0. The molecule has 0 fully saturated rings. The largest absolute Gasteiger partial charge is 0.309 e. The van der Waals surface area contributed by atoms with Crippen molar-refractivity contribution in [2.45, 2.75) is 33.7 Å². The second-order valence-corrected chi connectivity index (χ2v) is 6.58. The van der Waals surface area contributed by atoms with E-state index in [9.17, 15) is 4.39 Å². The standard InChI is InChI=1S/C17H22FNS/c1-5-19-17(11(2)3)16-9-8-15(20-16)13-10-12(4)6-7-14(13)18/h6-11,17,19H,5H2,1-4H3. The minimum atomic E-state index is -0.145. The van der Waals surface area contributed by atoms with Crippen LogP contribution in [0, 0.1) is 18.7 Å². The molecule has 0 saturated carbocycles. The van der Waals surface area contributed by atoms with E-state index in [0.29, 0.717) is 17.5 Å². The lowest BCUT2D eigenvalue weighted by atomic mass is 10.0. The smallest absolute Gasteiger partial charge is 0.131 e. The fourth-order valence-electron chi connectivity index (χ4n) is 2.38. The summed E-state index contributed by atoms with van der Waals surface area (Å²) in [6.45, 7) is 9.46. The van der Waals surface area contributed by atoms with Gasteiger partial charge in [-0.25, -0.2) is 4.39 Å². The number of hydrogen-bond donors (Lipinski definition) is 1. The Labute approximate surface area is 124 Å². The lowest BCUT2D eigenvalue weighted by Crippen LogP contribution is -2.24. The van der Waals surface area contributed by atoms with Crippen molar-refractivity contribution in [3.05, 3.63) is 46.6 Å². The van der Waals surface area contributed by atoms with Crippen LogP contribution in [0.2, 0.25) is 0 Å². The molecule has 20 heavy (non-hydrogen) atoms. The first-order valence-electron chi connectivity index (χ1n) is 7.12. The highest BCUT2D eigenvalue weighted by Crippen LogP contribution is 2.35. The van der Waals surface area contributed by atoms with Gasteiger partial charge in [0.15, 0.2) is 0 Å². The first kappa shape index (κ1) is 15.2. The average molecular weight is 291 g/mol. The average Bonchev–Trinajstić information content (AvgIpc) is 2.87. The van der Waals surface area contributed by atoms with Crippen LogP contribution < -0.4 is 5.32 Å². The fourth-order valence-corrected chi connectivity index (χ4v) is 3.65. The number of hydrogen-bond acceptors (Lipinski definition) is 2. The minimum Gasteiger partial charge on any atom is -0.309 e. The molecule has 0 aliphatic rings. The molecule has 0 spiro atoms. The molecule has 2 aromatic rings. The normalized spacial score (nSPS) is 12.9. The molecular weight excluding hydrogens is 269 g/mol. The van der Waals surface area contributed by atoms with E-state index < -0.39 is 0 Å².